The second-order valence-corrected chi connectivity index (χ2v) is 19.8. The third-order valence-electron chi connectivity index (χ3n) is 13.1. The van der Waals surface area contributed by atoms with Crippen LogP contribution in [-0.2, 0) is 26.5 Å². The first-order valence-electron chi connectivity index (χ1n) is 24.0. The van der Waals surface area contributed by atoms with Crippen molar-refractivity contribution in [2.45, 2.75) is 85.5 Å². The maximum absolute atomic E-state index is 15.4. The summed E-state index contributed by atoms with van der Waals surface area (Å²) in [5.41, 5.74) is 10.6. The molecule has 0 saturated carbocycles. The van der Waals surface area contributed by atoms with Gasteiger partial charge in [0.1, 0.15) is 23.3 Å². The molecule has 10 rings (SSSR count). The standard InChI is InChI=1S/C61H54F3N4O.Pt/c1-36(2)46-16-10-11-17-47(46)39-26-43(33-45(27-39)69-44-22-23-49-48-18-12-13-19-54(48)68(57(49)34-44)58-30-41(24-25-65-58)61(7,8)9)66-35-67(56-21-15-14-20-55(56)66)60-50(37(3)4)28-40(29-51(60)38(5)6)59-52(63)31-42(62)32-53(59)64;/h10-32,35-38H,1-9H3;/q-3;/i36D;. The first-order valence-corrected chi connectivity index (χ1v) is 23.5. The Balaban J connectivity index is 0.00000624. The van der Waals surface area contributed by atoms with Crippen molar-refractivity contribution in [1.82, 2.24) is 9.55 Å². The van der Waals surface area contributed by atoms with Crippen LogP contribution in [0.25, 0.3) is 49.9 Å². The van der Waals surface area contributed by atoms with E-state index < -0.39 is 23.3 Å². The van der Waals surface area contributed by atoms with E-state index in [9.17, 15) is 5.76 Å². The Bertz CT molecular complexity index is 3450. The quantitative estimate of drug-likeness (QED) is 0.128. The molecule has 7 aromatic carbocycles. The van der Waals surface area contributed by atoms with Crippen LogP contribution in [0.15, 0.2) is 140 Å². The van der Waals surface area contributed by atoms with Gasteiger partial charge in [0.15, 0.2) is 0 Å². The number of benzene rings is 7. The largest absolute Gasteiger partial charge is 0.509 e. The molecular weight excluding hydrogens is 1060 g/mol. The minimum Gasteiger partial charge on any atom is -0.509 e. The maximum atomic E-state index is 15.4. The molecule has 9 heteroatoms. The van der Waals surface area contributed by atoms with Crippen molar-refractivity contribution >= 4 is 44.6 Å². The van der Waals surface area contributed by atoms with Gasteiger partial charge in [-0.3, -0.25) is 0 Å². The normalized spacial score (nSPS) is 13.1. The van der Waals surface area contributed by atoms with Crippen LogP contribution in [0.5, 0.6) is 11.5 Å². The molecule has 3 heterocycles. The van der Waals surface area contributed by atoms with Crippen molar-refractivity contribution in [1.29, 1.82) is 0 Å². The van der Waals surface area contributed by atoms with Crippen molar-refractivity contribution in [3.63, 3.8) is 0 Å². The molecule has 0 bridgehead atoms. The van der Waals surface area contributed by atoms with Gasteiger partial charge in [0.05, 0.1) is 5.56 Å². The summed E-state index contributed by atoms with van der Waals surface area (Å²) in [4.78, 5) is 9.10. The second-order valence-electron chi connectivity index (χ2n) is 19.8. The predicted molar refractivity (Wildman–Crippen MR) is 276 cm³/mol. The second kappa shape index (κ2) is 18.9. The monoisotopic (exact) mass is 1110 g/mol. The molecule has 0 N–H and O–H groups in total. The van der Waals surface area contributed by atoms with Gasteiger partial charge < -0.3 is 19.1 Å². The Hall–Kier alpha value is -6.63. The number of halogens is 3. The summed E-state index contributed by atoms with van der Waals surface area (Å²) < 4.78 is 63.2. The molecular formula is C61H54F3N4OPt-3. The molecule has 0 unspecified atom stereocenters. The fourth-order valence-corrected chi connectivity index (χ4v) is 9.62. The Morgan fingerprint density at radius 3 is 1.96 bits per heavy atom. The van der Waals surface area contributed by atoms with Gasteiger partial charge in [0.2, 0.25) is 0 Å². The molecule has 1 aliphatic rings. The third kappa shape index (κ3) is 8.81. The molecule has 0 fully saturated rings. The predicted octanol–water partition coefficient (Wildman–Crippen LogP) is 17.4. The molecule has 9 aromatic rings. The molecule has 70 heavy (non-hydrogen) atoms. The summed E-state index contributed by atoms with van der Waals surface area (Å²) in [5.74, 6) is -2.21. The van der Waals surface area contributed by atoms with E-state index in [0.717, 1.165) is 84.6 Å². The van der Waals surface area contributed by atoms with Crippen molar-refractivity contribution in [2.75, 3.05) is 9.80 Å². The third-order valence-corrected chi connectivity index (χ3v) is 13.1. The number of anilines is 4. The van der Waals surface area contributed by atoms with Crippen molar-refractivity contribution < 1.29 is 40.3 Å². The summed E-state index contributed by atoms with van der Waals surface area (Å²) in [6.45, 7) is 20.6. The molecule has 0 radical (unpaired) electrons. The van der Waals surface area contributed by atoms with Crippen LogP contribution in [-0.4, -0.2) is 9.55 Å². The number of para-hydroxylation sites is 3. The molecule has 0 atom stereocenters. The van der Waals surface area contributed by atoms with Crippen molar-refractivity contribution in [3.05, 3.63) is 198 Å². The van der Waals surface area contributed by atoms with Gasteiger partial charge in [-0.1, -0.05) is 122 Å². The van der Waals surface area contributed by atoms with Crippen LogP contribution >= 0.6 is 0 Å². The number of hydrogen-bond acceptors (Lipinski definition) is 4. The first-order chi connectivity index (χ1) is 33.3. The van der Waals surface area contributed by atoms with E-state index in [-0.39, 0.29) is 43.9 Å². The van der Waals surface area contributed by atoms with E-state index in [4.69, 9.17) is 9.72 Å². The Kier molecular flexibility index (Phi) is 12.7. The van der Waals surface area contributed by atoms with Crippen LogP contribution in [0.4, 0.5) is 35.9 Å². The SMILES string of the molecule is [2H]C(C)(C)c1ccccc1-c1cc(Oc2[c-]c3c(cc2)c2ccccc2n3-c2cc(C(C)(C)C)ccn2)[c-]c(N2[CH-]N(c3c(C(C)C)cc(-c4c(F)cc(F)cc4F)cc3C(C)C)c3ccccc32)c1.[Pt]. The van der Waals surface area contributed by atoms with Gasteiger partial charge in [-0.05, 0) is 104 Å². The number of aromatic nitrogens is 2. The molecule has 0 amide bonds. The summed E-state index contributed by atoms with van der Waals surface area (Å²) in [7, 11) is 0. The van der Waals surface area contributed by atoms with Gasteiger partial charge in [-0.25, -0.2) is 18.2 Å². The number of pyridine rings is 1. The summed E-state index contributed by atoms with van der Waals surface area (Å²) in [5, 5.41) is 2.09. The van der Waals surface area contributed by atoms with Gasteiger partial charge in [0.25, 0.3) is 0 Å². The van der Waals surface area contributed by atoms with Gasteiger partial charge >= 0.3 is 0 Å². The zero-order chi connectivity index (χ0) is 49.4. The van der Waals surface area contributed by atoms with Crippen LogP contribution in [0, 0.1) is 36.3 Å². The summed E-state index contributed by atoms with van der Waals surface area (Å²) >= 11 is 0. The molecule has 5 nitrogen and oxygen atoms in total. The Morgan fingerprint density at radius 1 is 0.643 bits per heavy atom. The van der Waals surface area contributed by atoms with Crippen LogP contribution in [0.3, 0.4) is 0 Å². The minimum atomic E-state index is -0.966. The van der Waals surface area contributed by atoms with E-state index in [0.29, 0.717) is 22.7 Å². The van der Waals surface area contributed by atoms with Crippen molar-refractivity contribution in [2.24, 2.45) is 0 Å². The van der Waals surface area contributed by atoms with E-state index >= 15 is 8.78 Å². The average Bonchev–Trinajstić information content (AvgIpc) is 3.86. The van der Waals surface area contributed by atoms with Crippen LogP contribution in [0.1, 0.15) is 104 Å². The molecule has 358 valence electrons. The fourth-order valence-electron chi connectivity index (χ4n) is 9.62. The van der Waals surface area contributed by atoms with E-state index in [1.807, 2.05) is 99.5 Å². The zero-order valence-corrected chi connectivity index (χ0v) is 42.9. The number of fused-ring (bicyclic) bond motifs is 4. The molecule has 0 aliphatic carbocycles. The Morgan fingerprint density at radius 2 is 1.29 bits per heavy atom. The topological polar surface area (TPSA) is 33.5 Å². The first kappa shape index (κ1) is 47.1. The van der Waals surface area contributed by atoms with Gasteiger partial charge in [-0.2, -0.15) is 6.07 Å². The minimum absolute atomic E-state index is 0. The molecule has 0 saturated heterocycles. The fraction of sp³-hybridized carbons (Fsp3) is 0.213. The van der Waals surface area contributed by atoms with E-state index in [2.05, 4.69) is 123 Å². The number of rotatable bonds is 10. The smallest absolute Gasteiger partial charge is 0.136 e. The average molecular weight is 1110 g/mol. The van der Waals surface area contributed by atoms with Crippen LogP contribution < -0.4 is 14.5 Å². The number of nitrogens with zero attached hydrogens (tertiary/aromatic N) is 4. The van der Waals surface area contributed by atoms with E-state index in [1.54, 1.807) is 0 Å². The Labute approximate surface area is 425 Å². The number of ether oxygens (including phenoxy) is 1. The molecule has 2 aromatic heterocycles. The summed E-state index contributed by atoms with van der Waals surface area (Å²) in [6.07, 6.45) is 1.86. The number of hydrogen-bond donors (Lipinski definition) is 0. The van der Waals surface area contributed by atoms with Gasteiger partial charge in [-0.15, -0.1) is 53.6 Å². The van der Waals surface area contributed by atoms with Crippen molar-refractivity contribution in [3.8, 4) is 39.6 Å². The van der Waals surface area contributed by atoms with Gasteiger partial charge in [0, 0.05) is 74.8 Å². The zero-order valence-electron chi connectivity index (χ0n) is 41.7. The molecule has 0 spiro atoms. The molecule has 1 aliphatic heterocycles. The summed E-state index contributed by atoms with van der Waals surface area (Å²) in [6, 6.07) is 49.0. The van der Waals surface area contributed by atoms with Crippen LogP contribution in [0.2, 0.25) is 0 Å². The van der Waals surface area contributed by atoms with E-state index in [1.165, 1.54) is 5.56 Å². The maximum Gasteiger partial charge on any atom is 0.136 e.